The summed E-state index contributed by atoms with van der Waals surface area (Å²) < 4.78 is 11.4. The molecule has 0 unspecified atom stereocenters. The summed E-state index contributed by atoms with van der Waals surface area (Å²) >= 11 is 9.58. The first-order valence-corrected chi connectivity index (χ1v) is 6.59. The largest absolute Gasteiger partial charge is 0.500 e. The molecule has 0 amide bonds. The Bertz CT molecular complexity index is 537. The van der Waals surface area contributed by atoms with Crippen LogP contribution >= 0.6 is 27.5 Å². The summed E-state index contributed by atoms with van der Waals surface area (Å²) in [5.74, 6) is 1.27. The van der Waals surface area contributed by atoms with Crippen molar-refractivity contribution in [1.82, 2.24) is 0 Å². The van der Waals surface area contributed by atoms with E-state index in [-0.39, 0.29) is 5.78 Å². The molecule has 0 aromatic heterocycles. The maximum atomic E-state index is 12.0. The second kappa shape index (κ2) is 5.33. The van der Waals surface area contributed by atoms with E-state index >= 15 is 0 Å². The molecule has 1 aliphatic carbocycles. The molecule has 0 aliphatic heterocycles. The van der Waals surface area contributed by atoms with Gasteiger partial charge in [0.15, 0.2) is 5.78 Å². The van der Waals surface area contributed by atoms with Gasteiger partial charge in [-0.15, -0.1) is 0 Å². The van der Waals surface area contributed by atoms with Crippen molar-refractivity contribution in [3.05, 3.63) is 33.0 Å². The molecule has 0 atom stereocenters. The van der Waals surface area contributed by atoms with E-state index in [1.54, 1.807) is 26.4 Å². The quantitative estimate of drug-likeness (QED) is 0.844. The van der Waals surface area contributed by atoms with E-state index in [0.717, 1.165) is 4.47 Å². The molecule has 5 heteroatoms. The van der Waals surface area contributed by atoms with Gasteiger partial charge < -0.3 is 9.47 Å². The number of allylic oxidation sites excluding steroid dienone is 2. The Hall–Kier alpha value is -1.00. The smallest absolute Gasteiger partial charge is 0.167 e. The predicted octanol–water partition coefficient (Wildman–Crippen LogP) is 3.83. The number of methoxy groups -OCH3 is 2. The first-order valence-electron chi connectivity index (χ1n) is 5.42. The standard InChI is InChI=1S/C13H12BrClO3/c1-17-10-4-3-9(16)13(10)12-8(15)5-7(14)6-11(12)18-2/h5-6H,3-4H2,1-2H3. The Morgan fingerprint density at radius 1 is 1.22 bits per heavy atom. The van der Waals surface area contributed by atoms with E-state index < -0.39 is 0 Å². The summed E-state index contributed by atoms with van der Waals surface area (Å²) in [6.07, 6.45) is 1.06. The number of carbonyl (C=O) groups excluding carboxylic acids is 1. The molecule has 18 heavy (non-hydrogen) atoms. The fourth-order valence-corrected chi connectivity index (χ4v) is 2.94. The minimum Gasteiger partial charge on any atom is -0.500 e. The monoisotopic (exact) mass is 330 g/mol. The SMILES string of the molecule is COC1=C(c2c(Cl)cc(Br)cc2OC)C(=O)CC1. The third kappa shape index (κ3) is 2.27. The lowest BCUT2D eigenvalue weighted by molar-refractivity contribution is -0.113. The zero-order chi connectivity index (χ0) is 13.3. The molecular formula is C13H12BrClO3. The number of ether oxygens (including phenoxy) is 2. The number of ketones is 1. The molecule has 1 aromatic rings. The lowest BCUT2D eigenvalue weighted by Gasteiger charge is -2.13. The van der Waals surface area contributed by atoms with Crippen LogP contribution in [0.25, 0.3) is 5.57 Å². The van der Waals surface area contributed by atoms with Crippen LogP contribution in [0.5, 0.6) is 5.75 Å². The lowest BCUT2D eigenvalue weighted by Crippen LogP contribution is -2.01. The third-order valence-corrected chi connectivity index (χ3v) is 3.63. The van der Waals surface area contributed by atoms with Crippen LogP contribution in [0.2, 0.25) is 5.02 Å². The van der Waals surface area contributed by atoms with Crippen molar-refractivity contribution in [2.45, 2.75) is 12.8 Å². The topological polar surface area (TPSA) is 35.5 Å². The van der Waals surface area contributed by atoms with Crippen molar-refractivity contribution < 1.29 is 14.3 Å². The summed E-state index contributed by atoms with van der Waals surface area (Å²) in [6.45, 7) is 0. The summed E-state index contributed by atoms with van der Waals surface area (Å²) in [4.78, 5) is 12.0. The maximum Gasteiger partial charge on any atom is 0.167 e. The van der Waals surface area contributed by atoms with Crippen molar-refractivity contribution >= 4 is 38.9 Å². The van der Waals surface area contributed by atoms with E-state index in [1.165, 1.54) is 0 Å². The van der Waals surface area contributed by atoms with E-state index in [2.05, 4.69) is 15.9 Å². The molecule has 3 nitrogen and oxygen atoms in total. The van der Waals surface area contributed by atoms with E-state index in [0.29, 0.717) is 40.5 Å². The number of rotatable bonds is 3. The first-order chi connectivity index (χ1) is 8.58. The number of hydrogen-bond acceptors (Lipinski definition) is 3. The van der Waals surface area contributed by atoms with E-state index in [9.17, 15) is 4.79 Å². The van der Waals surface area contributed by atoms with Gasteiger partial charge in [-0.25, -0.2) is 0 Å². The zero-order valence-corrected chi connectivity index (χ0v) is 12.4. The molecule has 96 valence electrons. The molecule has 2 rings (SSSR count). The molecule has 0 fully saturated rings. The maximum absolute atomic E-state index is 12.0. The molecule has 0 saturated heterocycles. The van der Waals surface area contributed by atoms with Crippen molar-refractivity contribution in [2.24, 2.45) is 0 Å². The van der Waals surface area contributed by atoms with Gasteiger partial charge in [-0.1, -0.05) is 27.5 Å². The van der Waals surface area contributed by atoms with Crippen LogP contribution in [0.3, 0.4) is 0 Å². The fraction of sp³-hybridized carbons (Fsp3) is 0.308. The average Bonchev–Trinajstić information content (AvgIpc) is 2.69. The van der Waals surface area contributed by atoms with Crippen LogP contribution in [-0.4, -0.2) is 20.0 Å². The molecule has 0 N–H and O–H groups in total. The van der Waals surface area contributed by atoms with Gasteiger partial charge in [-0.05, 0) is 12.1 Å². The van der Waals surface area contributed by atoms with Crippen molar-refractivity contribution in [1.29, 1.82) is 0 Å². The first kappa shape index (κ1) is 13.4. The highest BCUT2D eigenvalue weighted by Gasteiger charge is 2.29. The van der Waals surface area contributed by atoms with Gasteiger partial charge in [-0.3, -0.25) is 4.79 Å². The van der Waals surface area contributed by atoms with Crippen LogP contribution in [0.1, 0.15) is 18.4 Å². The molecule has 0 saturated carbocycles. The van der Waals surface area contributed by atoms with Crippen molar-refractivity contribution in [3.63, 3.8) is 0 Å². The highest BCUT2D eigenvalue weighted by molar-refractivity contribution is 9.10. The summed E-state index contributed by atoms with van der Waals surface area (Å²) in [6, 6.07) is 3.53. The van der Waals surface area contributed by atoms with Crippen LogP contribution in [0, 0.1) is 0 Å². The van der Waals surface area contributed by atoms with Crippen LogP contribution in [0.15, 0.2) is 22.4 Å². The van der Waals surface area contributed by atoms with Gasteiger partial charge in [0.2, 0.25) is 0 Å². The second-order valence-corrected chi connectivity index (χ2v) is 5.21. The van der Waals surface area contributed by atoms with Crippen LogP contribution < -0.4 is 4.74 Å². The van der Waals surface area contributed by atoms with Gasteiger partial charge in [0, 0.05) is 22.9 Å². The van der Waals surface area contributed by atoms with E-state index in [1.807, 2.05) is 0 Å². The minimum absolute atomic E-state index is 0.0365. The second-order valence-electron chi connectivity index (χ2n) is 3.89. The molecule has 1 aliphatic rings. The number of halogens is 2. The molecule has 0 bridgehead atoms. The Morgan fingerprint density at radius 3 is 2.56 bits per heavy atom. The Balaban J connectivity index is 2.67. The number of benzene rings is 1. The summed E-state index contributed by atoms with van der Waals surface area (Å²) in [7, 11) is 3.11. The van der Waals surface area contributed by atoms with Crippen molar-refractivity contribution in [3.8, 4) is 5.75 Å². The van der Waals surface area contributed by atoms with Gasteiger partial charge >= 0.3 is 0 Å². The van der Waals surface area contributed by atoms with E-state index in [4.69, 9.17) is 21.1 Å². The highest BCUT2D eigenvalue weighted by Crippen LogP contribution is 2.41. The van der Waals surface area contributed by atoms with Gasteiger partial charge in [-0.2, -0.15) is 0 Å². The third-order valence-electron chi connectivity index (χ3n) is 2.87. The van der Waals surface area contributed by atoms with Gasteiger partial charge in [0.05, 0.1) is 24.8 Å². The predicted molar refractivity (Wildman–Crippen MR) is 73.9 cm³/mol. The number of hydrogen-bond donors (Lipinski definition) is 0. The lowest BCUT2D eigenvalue weighted by atomic mass is 10.0. The minimum atomic E-state index is 0.0365. The highest BCUT2D eigenvalue weighted by atomic mass is 79.9. The Kier molecular flexibility index (Phi) is 3.97. The number of carbonyl (C=O) groups is 1. The van der Waals surface area contributed by atoms with Crippen LogP contribution in [0.4, 0.5) is 0 Å². The molecule has 0 spiro atoms. The number of Topliss-reactive ketones (excluding diaryl/α,β-unsaturated/α-hetero) is 1. The molecule has 0 heterocycles. The zero-order valence-electron chi connectivity index (χ0n) is 10.0. The van der Waals surface area contributed by atoms with Crippen molar-refractivity contribution in [2.75, 3.05) is 14.2 Å². The summed E-state index contributed by atoms with van der Waals surface area (Å²) in [5.41, 5.74) is 1.15. The van der Waals surface area contributed by atoms with Gasteiger partial charge in [0.1, 0.15) is 11.5 Å². The Morgan fingerprint density at radius 2 is 1.94 bits per heavy atom. The average molecular weight is 332 g/mol. The normalized spacial score (nSPS) is 15.2. The van der Waals surface area contributed by atoms with Crippen LogP contribution in [-0.2, 0) is 9.53 Å². The Labute approximate surface area is 119 Å². The molecule has 0 radical (unpaired) electrons. The fourth-order valence-electron chi connectivity index (χ4n) is 2.07. The summed E-state index contributed by atoms with van der Waals surface area (Å²) in [5, 5.41) is 0.473. The molecule has 1 aromatic carbocycles. The molecular weight excluding hydrogens is 319 g/mol. The van der Waals surface area contributed by atoms with Gasteiger partial charge in [0.25, 0.3) is 0 Å².